The summed E-state index contributed by atoms with van der Waals surface area (Å²) < 4.78 is 13.2. The zero-order chi connectivity index (χ0) is 20.6. The van der Waals surface area contributed by atoms with Crippen LogP contribution in [0.3, 0.4) is 0 Å². The minimum atomic E-state index is -0.316. The number of carbonyl (C=O) groups excluding carboxylic acids is 2. The van der Waals surface area contributed by atoms with E-state index in [-0.39, 0.29) is 30.7 Å². The standard InChI is InChI=1S/C22H21FN2O2S2/c1-2-11-24(22(27)20-6-4-13-29-20)16-21(26)25(15-19-5-3-12-28-19)14-17-7-9-18(23)10-8-17/h2-10,12-13H,1,11,14-16H2. The van der Waals surface area contributed by atoms with E-state index in [0.29, 0.717) is 18.0 Å². The van der Waals surface area contributed by atoms with Crippen molar-refractivity contribution in [3.05, 3.63) is 93.1 Å². The van der Waals surface area contributed by atoms with Gasteiger partial charge in [0, 0.05) is 18.0 Å². The van der Waals surface area contributed by atoms with Crippen molar-refractivity contribution in [3.63, 3.8) is 0 Å². The van der Waals surface area contributed by atoms with E-state index >= 15 is 0 Å². The van der Waals surface area contributed by atoms with Crippen molar-refractivity contribution in [2.45, 2.75) is 13.1 Å². The van der Waals surface area contributed by atoms with Crippen LogP contribution in [0.15, 0.2) is 71.9 Å². The monoisotopic (exact) mass is 428 g/mol. The van der Waals surface area contributed by atoms with Gasteiger partial charge in [-0.3, -0.25) is 9.59 Å². The second kappa shape index (κ2) is 10.1. The van der Waals surface area contributed by atoms with Crippen molar-refractivity contribution in [1.82, 2.24) is 9.80 Å². The largest absolute Gasteiger partial charge is 0.332 e. The van der Waals surface area contributed by atoms with Crippen LogP contribution in [0.25, 0.3) is 0 Å². The van der Waals surface area contributed by atoms with Crippen molar-refractivity contribution >= 4 is 34.5 Å². The van der Waals surface area contributed by atoms with E-state index in [0.717, 1.165) is 10.4 Å². The second-order valence-corrected chi connectivity index (χ2v) is 8.39. The predicted octanol–water partition coefficient (Wildman–Crippen LogP) is 4.81. The van der Waals surface area contributed by atoms with Crippen LogP contribution >= 0.6 is 22.7 Å². The van der Waals surface area contributed by atoms with Gasteiger partial charge in [0.1, 0.15) is 12.4 Å². The van der Waals surface area contributed by atoms with Crippen molar-refractivity contribution in [2.75, 3.05) is 13.1 Å². The van der Waals surface area contributed by atoms with Gasteiger partial charge < -0.3 is 9.80 Å². The molecule has 0 radical (unpaired) electrons. The van der Waals surface area contributed by atoms with Crippen LogP contribution in [0.5, 0.6) is 0 Å². The molecule has 4 nitrogen and oxygen atoms in total. The van der Waals surface area contributed by atoms with E-state index in [1.807, 2.05) is 29.0 Å². The van der Waals surface area contributed by atoms with Gasteiger partial charge in [0.15, 0.2) is 0 Å². The highest BCUT2D eigenvalue weighted by Crippen LogP contribution is 2.17. The molecule has 0 N–H and O–H groups in total. The molecule has 0 saturated carbocycles. The van der Waals surface area contributed by atoms with Crippen LogP contribution < -0.4 is 0 Å². The summed E-state index contributed by atoms with van der Waals surface area (Å²) in [5, 5.41) is 3.79. The Hall–Kier alpha value is -2.77. The molecule has 0 saturated heterocycles. The Bertz CT molecular complexity index is 938. The summed E-state index contributed by atoms with van der Waals surface area (Å²) in [6, 6.07) is 13.6. The zero-order valence-electron chi connectivity index (χ0n) is 15.8. The number of amides is 2. The molecule has 2 amide bonds. The lowest BCUT2D eigenvalue weighted by molar-refractivity contribution is -0.133. The summed E-state index contributed by atoms with van der Waals surface area (Å²) in [6.07, 6.45) is 1.61. The zero-order valence-corrected chi connectivity index (χ0v) is 17.4. The van der Waals surface area contributed by atoms with E-state index in [1.54, 1.807) is 40.5 Å². The Morgan fingerprint density at radius 3 is 2.31 bits per heavy atom. The van der Waals surface area contributed by atoms with Crippen LogP contribution in [0, 0.1) is 5.82 Å². The number of benzene rings is 1. The summed E-state index contributed by atoms with van der Waals surface area (Å²) in [6.45, 7) is 4.71. The quantitative estimate of drug-likeness (QED) is 0.459. The third kappa shape index (κ3) is 5.85. The Morgan fingerprint density at radius 2 is 1.69 bits per heavy atom. The minimum absolute atomic E-state index is 0.0463. The molecule has 0 aliphatic heterocycles. The number of nitrogens with zero attached hydrogens (tertiary/aromatic N) is 2. The molecule has 0 unspecified atom stereocenters. The maximum absolute atomic E-state index is 13.2. The van der Waals surface area contributed by atoms with E-state index in [4.69, 9.17) is 0 Å². The highest BCUT2D eigenvalue weighted by Gasteiger charge is 2.23. The lowest BCUT2D eigenvalue weighted by atomic mass is 10.2. The topological polar surface area (TPSA) is 40.6 Å². The first-order valence-corrected chi connectivity index (χ1v) is 10.8. The van der Waals surface area contributed by atoms with Crippen molar-refractivity contribution in [2.24, 2.45) is 0 Å². The Kier molecular flexibility index (Phi) is 7.32. The first-order chi connectivity index (χ1) is 14.1. The maximum Gasteiger partial charge on any atom is 0.264 e. The molecule has 1 aromatic carbocycles. The van der Waals surface area contributed by atoms with Crippen molar-refractivity contribution in [1.29, 1.82) is 0 Å². The molecular weight excluding hydrogens is 407 g/mol. The van der Waals surface area contributed by atoms with E-state index in [2.05, 4.69) is 6.58 Å². The van der Waals surface area contributed by atoms with Crippen LogP contribution in [0.2, 0.25) is 0 Å². The highest BCUT2D eigenvalue weighted by molar-refractivity contribution is 7.12. The molecule has 150 valence electrons. The van der Waals surface area contributed by atoms with Crippen LogP contribution in [-0.4, -0.2) is 34.7 Å². The summed E-state index contributed by atoms with van der Waals surface area (Å²) in [7, 11) is 0. The van der Waals surface area contributed by atoms with Crippen molar-refractivity contribution < 1.29 is 14.0 Å². The van der Waals surface area contributed by atoms with Gasteiger partial charge in [0.25, 0.3) is 5.91 Å². The number of hydrogen-bond donors (Lipinski definition) is 0. The average molecular weight is 429 g/mol. The predicted molar refractivity (Wildman–Crippen MR) is 115 cm³/mol. The molecule has 0 spiro atoms. The van der Waals surface area contributed by atoms with Gasteiger partial charge in [0.2, 0.25) is 5.91 Å². The molecular formula is C22H21FN2O2S2. The number of hydrogen-bond acceptors (Lipinski definition) is 4. The maximum atomic E-state index is 13.2. The van der Waals surface area contributed by atoms with Crippen LogP contribution in [0.4, 0.5) is 4.39 Å². The number of rotatable bonds is 9. The molecule has 3 rings (SSSR count). The van der Waals surface area contributed by atoms with Gasteiger partial charge in [-0.25, -0.2) is 4.39 Å². The molecule has 29 heavy (non-hydrogen) atoms. The first kappa shape index (κ1) is 21.0. The van der Waals surface area contributed by atoms with Gasteiger partial charge in [-0.1, -0.05) is 30.3 Å². The summed E-state index contributed by atoms with van der Waals surface area (Å²) in [5.74, 6) is -0.677. The molecule has 0 aliphatic rings. The Balaban J connectivity index is 1.77. The lowest BCUT2D eigenvalue weighted by Crippen LogP contribution is -2.42. The Labute approximate surface area is 177 Å². The number of halogens is 1. The van der Waals surface area contributed by atoms with Gasteiger partial charge in [-0.15, -0.1) is 29.3 Å². The van der Waals surface area contributed by atoms with Crippen molar-refractivity contribution in [3.8, 4) is 0 Å². The minimum Gasteiger partial charge on any atom is -0.332 e. The summed E-state index contributed by atoms with van der Waals surface area (Å²) >= 11 is 2.91. The van der Waals surface area contributed by atoms with E-state index in [1.165, 1.54) is 28.4 Å². The van der Waals surface area contributed by atoms with Gasteiger partial charge in [-0.2, -0.15) is 0 Å². The molecule has 2 aromatic heterocycles. The van der Waals surface area contributed by atoms with Gasteiger partial charge in [0.05, 0.1) is 11.4 Å². The third-order valence-electron chi connectivity index (χ3n) is 4.26. The molecule has 0 bridgehead atoms. The smallest absolute Gasteiger partial charge is 0.264 e. The lowest BCUT2D eigenvalue weighted by Gasteiger charge is -2.27. The number of thiophene rings is 2. The fourth-order valence-corrected chi connectivity index (χ4v) is 4.24. The Morgan fingerprint density at radius 1 is 0.966 bits per heavy atom. The molecule has 7 heteroatoms. The number of carbonyl (C=O) groups is 2. The fourth-order valence-electron chi connectivity index (χ4n) is 2.83. The molecule has 0 aliphatic carbocycles. The molecule has 3 aromatic rings. The SMILES string of the molecule is C=CCN(CC(=O)N(Cc1ccc(F)cc1)Cc1cccs1)C(=O)c1cccs1. The third-order valence-corrected chi connectivity index (χ3v) is 5.98. The fraction of sp³-hybridized carbons (Fsp3) is 0.182. The second-order valence-electron chi connectivity index (χ2n) is 6.41. The van der Waals surface area contributed by atoms with Gasteiger partial charge >= 0.3 is 0 Å². The summed E-state index contributed by atoms with van der Waals surface area (Å²) in [4.78, 5) is 30.7. The van der Waals surface area contributed by atoms with Gasteiger partial charge in [-0.05, 0) is 40.6 Å². The molecule has 0 atom stereocenters. The average Bonchev–Trinajstić information content (AvgIpc) is 3.42. The summed E-state index contributed by atoms with van der Waals surface area (Å²) in [5.41, 5.74) is 0.830. The molecule has 2 heterocycles. The first-order valence-electron chi connectivity index (χ1n) is 9.05. The highest BCUT2D eigenvalue weighted by atomic mass is 32.1. The van der Waals surface area contributed by atoms with E-state index in [9.17, 15) is 14.0 Å². The van der Waals surface area contributed by atoms with E-state index < -0.39 is 0 Å². The van der Waals surface area contributed by atoms with Crippen LogP contribution in [-0.2, 0) is 17.9 Å². The normalized spacial score (nSPS) is 10.5. The van der Waals surface area contributed by atoms with Crippen LogP contribution in [0.1, 0.15) is 20.1 Å². The molecule has 0 fully saturated rings.